The molecule has 3 aromatic rings. The van der Waals surface area contributed by atoms with E-state index in [0.29, 0.717) is 0 Å². The standard InChI is InChI=1S/C20H15NO/c1-21-19(17-11-4-5-12-18(17)20(21)22)13-15-9-6-8-14-7-2-3-10-16(14)15/h2-13H,1H3/b19-13-. The van der Waals surface area contributed by atoms with Crippen molar-refractivity contribution in [1.29, 1.82) is 0 Å². The van der Waals surface area contributed by atoms with Crippen molar-refractivity contribution in [2.75, 3.05) is 7.05 Å². The van der Waals surface area contributed by atoms with Gasteiger partial charge in [0.15, 0.2) is 0 Å². The van der Waals surface area contributed by atoms with Crippen LogP contribution in [0.1, 0.15) is 21.5 Å². The molecule has 0 saturated heterocycles. The molecule has 0 N–H and O–H groups in total. The van der Waals surface area contributed by atoms with Crippen molar-refractivity contribution in [3.63, 3.8) is 0 Å². The summed E-state index contributed by atoms with van der Waals surface area (Å²) in [5.41, 5.74) is 3.86. The second-order valence-electron chi connectivity index (χ2n) is 5.51. The molecule has 2 heteroatoms. The van der Waals surface area contributed by atoms with Crippen LogP contribution in [0.25, 0.3) is 22.5 Å². The summed E-state index contributed by atoms with van der Waals surface area (Å²) in [5.74, 6) is 0.0575. The highest BCUT2D eigenvalue weighted by Gasteiger charge is 2.28. The summed E-state index contributed by atoms with van der Waals surface area (Å²) < 4.78 is 0. The number of hydrogen-bond acceptors (Lipinski definition) is 1. The molecule has 4 rings (SSSR count). The zero-order valence-corrected chi connectivity index (χ0v) is 12.3. The van der Waals surface area contributed by atoms with E-state index in [1.807, 2.05) is 43.4 Å². The summed E-state index contributed by atoms with van der Waals surface area (Å²) in [5, 5.41) is 2.40. The first-order valence-electron chi connectivity index (χ1n) is 7.32. The summed E-state index contributed by atoms with van der Waals surface area (Å²) in [6.45, 7) is 0. The van der Waals surface area contributed by atoms with E-state index in [0.717, 1.165) is 22.4 Å². The minimum Gasteiger partial charge on any atom is -0.311 e. The molecule has 0 aromatic heterocycles. The van der Waals surface area contributed by atoms with Gasteiger partial charge < -0.3 is 4.90 Å². The van der Waals surface area contributed by atoms with Crippen molar-refractivity contribution < 1.29 is 4.79 Å². The number of fused-ring (bicyclic) bond motifs is 2. The van der Waals surface area contributed by atoms with Gasteiger partial charge in [-0.15, -0.1) is 0 Å². The number of hydrogen-bond donors (Lipinski definition) is 0. The van der Waals surface area contributed by atoms with E-state index in [4.69, 9.17) is 0 Å². The van der Waals surface area contributed by atoms with Gasteiger partial charge in [0.25, 0.3) is 5.91 Å². The van der Waals surface area contributed by atoms with Crippen molar-refractivity contribution >= 4 is 28.5 Å². The van der Waals surface area contributed by atoms with Gasteiger partial charge in [-0.2, -0.15) is 0 Å². The summed E-state index contributed by atoms with van der Waals surface area (Å²) in [6, 6.07) is 22.3. The molecule has 0 atom stereocenters. The van der Waals surface area contributed by atoms with Crippen molar-refractivity contribution in [2.24, 2.45) is 0 Å². The lowest BCUT2D eigenvalue weighted by Crippen LogP contribution is -2.16. The van der Waals surface area contributed by atoms with Crippen LogP contribution in [-0.2, 0) is 0 Å². The summed E-state index contributed by atoms with van der Waals surface area (Å²) in [7, 11) is 1.83. The highest BCUT2D eigenvalue weighted by molar-refractivity contribution is 6.12. The number of amides is 1. The lowest BCUT2D eigenvalue weighted by atomic mass is 10.0. The number of rotatable bonds is 1. The first-order valence-corrected chi connectivity index (χ1v) is 7.32. The first kappa shape index (κ1) is 12.8. The average molecular weight is 285 g/mol. The van der Waals surface area contributed by atoms with Gasteiger partial charge in [0, 0.05) is 18.2 Å². The Morgan fingerprint density at radius 2 is 1.50 bits per heavy atom. The van der Waals surface area contributed by atoms with Crippen molar-refractivity contribution in [3.8, 4) is 0 Å². The smallest absolute Gasteiger partial charge is 0.258 e. The molecule has 1 aliphatic rings. The molecule has 106 valence electrons. The Kier molecular flexibility index (Phi) is 2.83. The monoisotopic (exact) mass is 285 g/mol. The largest absolute Gasteiger partial charge is 0.311 e. The van der Waals surface area contributed by atoms with Crippen LogP contribution in [0.15, 0.2) is 66.7 Å². The van der Waals surface area contributed by atoms with E-state index < -0.39 is 0 Å². The minimum atomic E-state index is 0.0575. The van der Waals surface area contributed by atoms with Crippen LogP contribution in [0.4, 0.5) is 0 Å². The normalized spacial score (nSPS) is 15.6. The van der Waals surface area contributed by atoms with Crippen molar-refractivity contribution in [3.05, 3.63) is 83.4 Å². The first-order chi connectivity index (χ1) is 10.8. The molecule has 1 amide bonds. The Hall–Kier alpha value is -2.87. The number of nitrogens with zero attached hydrogens (tertiary/aromatic N) is 1. The summed E-state index contributed by atoms with van der Waals surface area (Å²) >= 11 is 0. The van der Waals surface area contributed by atoms with E-state index in [-0.39, 0.29) is 5.91 Å². The Morgan fingerprint density at radius 1 is 0.818 bits per heavy atom. The van der Waals surface area contributed by atoms with Gasteiger partial charge in [0.2, 0.25) is 0 Å². The predicted octanol–water partition coefficient (Wildman–Crippen LogP) is 4.42. The summed E-state index contributed by atoms with van der Waals surface area (Å²) in [6.07, 6.45) is 2.10. The number of carbonyl (C=O) groups is 1. The molecule has 0 bridgehead atoms. The number of carbonyl (C=O) groups excluding carboxylic acids is 1. The highest BCUT2D eigenvalue weighted by Crippen LogP contribution is 2.33. The molecule has 22 heavy (non-hydrogen) atoms. The maximum Gasteiger partial charge on any atom is 0.258 e. The molecule has 0 unspecified atom stereocenters. The van der Waals surface area contributed by atoms with Crippen LogP contribution in [0.2, 0.25) is 0 Å². The third-order valence-corrected chi connectivity index (χ3v) is 4.21. The van der Waals surface area contributed by atoms with Crippen LogP contribution in [0.5, 0.6) is 0 Å². The van der Waals surface area contributed by atoms with Crippen LogP contribution >= 0.6 is 0 Å². The van der Waals surface area contributed by atoms with Crippen molar-refractivity contribution in [1.82, 2.24) is 4.90 Å². The highest BCUT2D eigenvalue weighted by atomic mass is 16.2. The van der Waals surface area contributed by atoms with Crippen LogP contribution in [0.3, 0.4) is 0 Å². The SMILES string of the molecule is CN1C(=O)c2ccccc2/C1=C/c1cccc2ccccc12. The molecule has 1 heterocycles. The molecular formula is C20H15NO. The fourth-order valence-electron chi connectivity index (χ4n) is 3.06. The van der Waals surface area contributed by atoms with Crippen LogP contribution < -0.4 is 0 Å². The van der Waals surface area contributed by atoms with E-state index in [9.17, 15) is 4.79 Å². The summed E-state index contributed by atoms with van der Waals surface area (Å²) in [4.78, 5) is 14.1. The predicted molar refractivity (Wildman–Crippen MR) is 90.4 cm³/mol. The van der Waals surface area contributed by atoms with Gasteiger partial charge in [-0.3, -0.25) is 4.79 Å². The Bertz CT molecular complexity index is 918. The third-order valence-electron chi connectivity index (χ3n) is 4.21. The molecule has 0 saturated carbocycles. The zero-order chi connectivity index (χ0) is 15.1. The van der Waals surface area contributed by atoms with Gasteiger partial charge in [0.05, 0.1) is 5.70 Å². The van der Waals surface area contributed by atoms with Gasteiger partial charge in [-0.1, -0.05) is 60.7 Å². The average Bonchev–Trinajstić information content (AvgIpc) is 2.81. The fourth-order valence-corrected chi connectivity index (χ4v) is 3.06. The molecule has 1 aliphatic heterocycles. The molecule has 2 nitrogen and oxygen atoms in total. The topological polar surface area (TPSA) is 20.3 Å². The van der Waals surface area contributed by atoms with Gasteiger partial charge >= 0.3 is 0 Å². The molecular weight excluding hydrogens is 270 g/mol. The van der Waals surface area contributed by atoms with E-state index in [1.165, 1.54) is 10.8 Å². The van der Waals surface area contributed by atoms with Gasteiger partial charge in [-0.05, 0) is 28.5 Å². The van der Waals surface area contributed by atoms with E-state index in [1.54, 1.807) is 4.90 Å². The molecule has 0 spiro atoms. The Balaban J connectivity index is 1.94. The van der Waals surface area contributed by atoms with Crippen LogP contribution in [0, 0.1) is 0 Å². The molecule has 0 aliphatic carbocycles. The van der Waals surface area contributed by atoms with Gasteiger partial charge in [-0.25, -0.2) is 0 Å². The second-order valence-corrected chi connectivity index (χ2v) is 5.51. The fraction of sp³-hybridized carbons (Fsp3) is 0.0500. The lowest BCUT2D eigenvalue weighted by molar-refractivity contribution is 0.0875. The lowest BCUT2D eigenvalue weighted by Gasteiger charge is -2.12. The second kappa shape index (κ2) is 4.85. The maximum absolute atomic E-state index is 12.3. The van der Waals surface area contributed by atoms with Gasteiger partial charge in [0.1, 0.15) is 0 Å². The molecule has 3 aromatic carbocycles. The zero-order valence-electron chi connectivity index (χ0n) is 12.3. The number of benzene rings is 3. The van der Waals surface area contributed by atoms with E-state index >= 15 is 0 Å². The molecule has 0 fully saturated rings. The van der Waals surface area contributed by atoms with Crippen LogP contribution in [-0.4, -0.2) is 17.9 Å². The Morgan fingerprint density at radius 3 is 2.36 bits per heavy atom. The van der Waals surface area contributed by atoms with E-state index in [2.05, 4.69) is 36.4 Å². The minimum absolute atomic E-state index is 0.0575. The van der Waals surface area contributed by atoms with Crippen molar-refractivity contribution in [2.45, 2.75) is 0 Å². The quantitative estimate of drug-likeness (QED) is 0.648. The maximum atomic E-state index is 12.3. The molecule has 0 radical (unpaired) electrons. The Labute approximate surface area is 129 Å². The third kappa shape index (κ3) is 1.85.